The number of hydrogen-bond donors (Lipinski definition) is 2. The Kier molecular flexibility index (Phi) is 8.83. The summed E-state index contributed by atoms with van der Waals surface area (Å²) in [5.41, 5.74) is 24.2. The molecule has 6 aromatic rings. The van der Waals surface area contributed by atoms with Gasteiger partial charge in [0.1, 0.15) is 0 Å². The van der Waals surface area contributed by atoms with Crippen LogP contribution >= 0.6 is 0 Å². The highest BCUT2D eigenvalue weighted by molar-refractivity contribution is 6.04. The number of aromatic amines is 2. The van der Waals surface area contributed by atoms with Crippen molar-refractivity contribution >= 4 is 104 Å². The van der Waals surface area contributed by atoms with Gasteiger partial charge in [-0.2, -0.15) is 0 Å². The van der Waals surface area contributed by atoms with Gasteiger partial charge in [0, 0.05) is 116 Å². The van der Waals surface area contributed by atoms with Crippen LogP contribution < -0.4 is 14.7 Å². The van der Waals surface area contributed by atoms with E-state index in [0.29, 0.717) is 0 Å². The lowest BCUT2D eigenvalue weighted by Crippen LogP contribution is -2.23. The fraction of sp³-hybridized carbons (Fsp3) is 0.143. The van der Waals surface area contributed by atoms with E-state index in [1.165, 1.54) is 56.0 Å². The second kappa shape index (κ2) is 14.9. The third-order valence-electron chi connectivity index (χ3n) is 13.4. The molecule has 0 fully saturated rings. The van der Waals surface area contributed by atoms with E-state index >= 15 is 0 Å². The van der Waals surface area contributed by atoms with E-state index in [2.05, 4.69) is 216 Å². The van der Waals surface area contributed by atoms with Crippen LogP contribution in [0.3, 0.4) is 0 Å². The first-order valence-corrected chi connectivity index (χ1v) is 22.1. The Hall–Kier alpha value is -7.84. The molecular weight excluding hydrogens is 785 g/mol. The SMILES string of the molecule is CN1C=CC=C(c2c3nc(c(C4=Cc5ccccc5N(C)C4)c4ccc([nH]4)c(C4=Cc5ccccc5N(C)C4)c4nc(c(C5=Cc6ccccc6N(C)C5)c5ccc2[nH]5)C=C4)C=C3)C1. The fourth-order valence-corrected chi connectivity index (χ4v) is 10.4. The lowest BCUT2D eigenvalue weighted by molar-refractivity contribution is 0.513. The summed E-state index contributed by atoms with van der Waals surface area (Å²) in [6, 6.07) is 34.9. The number of fused-ring (bicyclic) bond motifs is 11. The van der Waals surface area contributed by atoms with E-state index < -0.39 is 0 Å². The van der Waals surface area contributed by atoms with Crippen molar-refractivity contribution in [1.82, 2.24) is 24.8 Å². The second-order valence-electron chi connectivity index (χ2n) is 17.7. The molecule has 0 spiro atoms. The Morgan fingerprint density at radius 2 is 0.750 bits per heavy atom. The van der Waals surface area contributed by atoms with Crippen molar-refractivity contribution in [2.75, 3.05) is 69.1 Å². The Morgan fingerprint density at radius 3 is 1.11 bits per heavy atom. The Bertz CT molecular complexity index is 3300. The molecular formula is C56H48N8. The van der Waals surface area contributed by atoms with Gasteiger partial charge >= 0.3 is 0 Å². The molecule has 8 bridgehead atoms. The summed E-state index contributed by atoms with van der Waals surface area (Å²) in [5, 5.41) is 0. The minimum atomic E-state index is 0.738. The third-order valence-corrected chi connectivity index (χ3v) is 13.4. The first kappa shape index (κ1) is 37.9. The fourth-order valence-electron chi connectivity index (χ4n) is 10.4. The van der Waals surface area contributed by atoms with Crippen LogP contribution in [0.5, 0.6) is 0 Å². The summed E-state index contributed by atoms with van der Waals surface area (Å²) in [6.45, 7) is 2.98. The van der Waals surface area contributed by atoms with Crippen LogP contribution in [0.4, 0.5) is 17.1 Å². The van der Waals surface area contributed by atoms with E-state index in [1.54, 1.807) is 0 Å². The predicted octanol–water partition coefficient (Wildman–Crippen LogP) is 11.5. The van der Waals surface area contributed by atoms with Gasteiger partial charge in [-0.15, -0.1) is 0 Å². The first-order valence-electron chi connectivity index (χ1n) is 22.1. The van der Waals surface area contributed by atoms with Gasteiger partial charge in [0.15, 0.2) is 0 Å². The van der Waals surface area contributed by atoms with E-state index in [0.717, 1.165) is 93.3 Å². The molecule has 8 nitrogen and oxygen atoms in total. The lowest BCUT2D eigenvalue weighted by Gasteiger charge is -2.28. The number of nitrogens with one attached hydrogen (secondary N) is 2. The minimum absolute atomic E-state index is 0.738. The molecule has 0 amide bonds. The van der Waals surface area contributed by atoms with Crippen LogP contribution in [0.1, 0.15) is 61.7 Å². The monoisotopic (exact) mass is 832 g/mol. The maximum absolute atomic E-state index is 5.65. The molecule has 0 radical (unpaired) electrons. The van der Waals surface area contributed by atoms with Crippen LogP contribution in [0.25, 0.3) is 86.9 Å². The van der Waals surface area contributed by atoms with Crippen molar-refractivity contribution in [3.8, 4) is 0 Å². The molecule has 312 valence electrons. The first-order chi connectivity index (χ1) is 31.3. The molecule has 0 unspecified atom stereocenters. The molecule has 0 saturated carbocycles. The molecule has 0 aliphatic carbocycles. The van der Waals surface area contributed by atoms with Crippen molar-refractivity contribution in [3.05, 3.63) is 177 Å². The summed E-state index contributed by atoms with van der Waals surface area (Å²) >= 11 is 0. The van der Waals surface area contributed by atoms with E-state index in [-0.39, 0.29) is 0 Å². The van der Waals surface area contributed by atoms with Gasteiger partial charge in [0.2, 0.25) is 0 Å². The van der Waals surface area contributed by atoms with Gasteiger partial charge < -0.3 is 29.6 Å². The van der Waals surface area contributed by atoms with Crippen LogP contribution in [0.15, 0.2) is 115 Å². The highest BCUT2D eigenvalue weighted by Crippen LogP contribution is 2.41. The van der Waals surface area contributed by atoms with Crippen LogP contribution in [-0.4, -0.2) is 79.2 Å². The summed E-state index contributed by atoms with van der Waals surface area (Å²) in [4.78, 5) is 28.5. The van der Waals surface area contributed by atoms with E-state index in [1.807, 2.05) is 0 Å². The number of benzene rings is 3. The smallest absolute Gasteiger partial charge is 0.0734 e. The Labute approximate surface area is 373 Å². The maximum Gasteiger partial charge on any atom is 0.0734 e. The molecule has 2 N–H and O–H groups in total. The van der Waals surface area contributed by atoms with Crippen molar-refractivity contribution in [1.29, 1.82) is 0 Å². The average molecular weight is 833 g/mol. The molecule has 0 atom stereocenters. The van der Waals surface area contributed by atoms with Crippen LogP contribution in [-0.2, 0) is 0 Å². The highest BCUT2D eigenvalue weighted by Gasteiger charge is 2.26. The number of H-pyrrole nitrogens is 2. The number of rotatable bonds is 4. The zero-order valence-corrected chi connectivity index (χ0v) is 36.5. The molecule has 8 heteroatoms. The molecule has 3 aromatic heterocycles. The number of allylic oxidation sites excluding steroid dienone is 2. The van der Waals surface area contributed by atoms with Crippen molar-refractivity contribution in [3.63, 3.8) is 0 Å². The van der Waals surface area contributed by atoms with Crippen molar-refractivity contribution < 1.29 is 0 Å². The van der Waals surface area contributed by atoms with E-state index in [9.17, 15) is 0 Å². The average Bonchev–Trinajstić information content (AvgIpc) is 4.15. The van der Waals surface area contributed by atoms with Gasteiger partial charge in [0.25, 0.3) is 0 Å². The summed E-state index contributed by atoms with van der Waals surface area (Å²) in [5.74, 6) is 0. The predicted molar refractivity (Wildman–Crippen MR) is 271 cm³/mol. The zero-order valence-electron chi connectivity index (χ0n) is 36.5. The second-order valence-corrected chi connectivity index (χ2v) is 17.7. The topological polar surface area (TPSA) is 70.3 Å². The van der Waals surface area contributed by atoms with Gasteiger partial charge in [0.05, 0.1) is 22.8 Å². The minimum Gasteiger partial charge on any atom is -0.376 e. The Morgan fingerprint density at radius 1 is 0.406 bits per heavy atom. The quantitative estimate of drug-likeness (QED) is 0.184. The van der Waals surface area contributed by atoms with Gasteiger partial charge in [-0.1, -0.05) is 60.7 Å². The zero-order chi connectivity index (χ0) is 43.1. The molecule has 6 aliphatic rings. The van der Waals surface area contributed by atoms with Crippen molar-refractivity contribution in [2.45, 2.75) is 0 Å². The number of anilines is 3. The number of hydrogen-bond acceptors (Lipinski definition) is 6. The number of nitrogens with zero attached hydrogens (tertiary/aromatic N) is 6. The molecule has 0 saturated heterocycles. The molecule has 12 rings (SSSR count). The number of likely N-dealkylation sites (N-methyl/N-ethyl adjacent to an activating group) is 4. The number of para-hydroxylation sites is 3. The normalized spacial score (nSPS) is 16.2. The van der Waals surface area contributed by atoms with E-state index in [4.69, 9.17) is 9.97 Å². The molecule has 64 heavy (non-hydrogen) atoms. The van der Waals surface area contributed by atoms with Gasteiger partial charge in [-0.25, -0.2) is 9.97 Å². The highest BCUT2D eigenvalue weighted by atomic mass is 15.1. The molecule has 6 aliphatic heterocycles. The summed E-state index contributed by atoms with van der Waals surface area (Å²) < 4.78 is 0. The Balaban J connectivity index is 1.21. The standard InChI is InChI=1S/C56H48N8/c1-61-27-11-15-38(31-61)53-42-19-21-44(57-42)54(39-28-35-12-5-8-16-50(35)62(2)32-39)46-23-25-48(59-46)56(41-30-37-14-7-10-18-52(37)64(4)34-41)49-26-24-47(60-49)55(45-22-20-43(53)58-45)40-29-36-13-6-9-17-51(36)63(3)33-40/h5-30,57,60H,31-34H2,1-4H3. The molecule has 9 heterocycles. The van der Waals surface area contributed by atoms with Crippen LogP contribution in [0.2, 0.25) is 0 Å². The van der Waals surface area contributed by atoms with Crippen LogP contribution in [0, 0.1) is 0 Å². The van der Waals surface area contributed by atoms with Gasteiger partial charge in [-0.05, 0) is 136 Å². The number of aromatic nitrogens is 4. The molecule has 3 aromatic carbocycles. The lowest BCUT2D eigenvalue weighted by atomic mass is 9.96. The summed E-state index contributed by atoms with van der Waals surface area (Å²) in [6.07, 6.45) is 22.4. The largest absolute Gasteiger partial charge is 0.376 e. The maximum atomic E-state index is 5.65. The summed E-state index contributed by atoms with van der Waals surface area (Å²) in [7, 11) is 8.67. The van der Waals surface area contributed by atoms with Crippen molar-refractivity contribution in [2.24, 2.45) is 0 Å². The van der Waals surface area contributed by atoms with Gasteiger partial charge in [-0.3, -0.25) is 0 Å². The third kappa shape index (κ3) is 6.36.